The fourth-order valence-corrected chi connectivity index (χ4v) is 4.56. The Morgan fingerprint density at radius 3 is 2.48 bits per heavy atom. The lowest BCUT2D eigenvalue weighted by atomic mass is 10.1. The number of carbonyl (C=O) groups excluding carboxylic acids is 1. The molecule has 5 rings (SSSR count). The van der Waals surface area contributed by atoms with Crippen molar-refractivity contribution < 1.29 is 14.3 Å². The highest BCUT2D eigenvalue weighted by Gasteiger charge is 2.17. The molecule has 0 aliphatic carbocycles. The van der Waals surface area contributed by atoms with Gasteiger partial charge in [-0.2, -0.15) is 0 Å². The topological polar surface area (TPSA) is 82.4 Å². The molecule has 0 aliphatic heterocycles. The maximum atomic E-state index is 13.3. The molecule has 0 aliphatic rings. The van der Waals surface area contributed by atoms with Crippen molar-refractivity contribution in [1.29, 1.82) is 0 Å². The van der Waals surface area contributed by atoms with Crippen LogP contribution < -0.4 is 20.3 Å². The molecule has 2 heterocycles. The second kappa shape index (κ2) is 8.40. The molecule has 5 aromatic rings. The maximum absolute atomic E-state index is 13.3. The minimum atomic E-state index is -0.353. The number of nitrogens with one attached hydrogen (secondary N) is 1. The Labute approximate surface area is 192 Å². The molecule has 7 nitrogen and oxygen atoms in total. The zero-order chi connectivity index (χ0) is 22.9. The first kappa shape index (κ1) is 20.7. The highest BCUT2D eigenvalue weighted by atomic mass is 32.1. The minimum Gasteiger partial charge on any atom is -0.497 e. The molecule has 1 amide bonds. The van der Waals surface area contributed by atoms with Gasteiger partial charge in [-0.1, -0.05) is 35.6 Å². The van der Waals surface area contributed by atoms with Crippen molar-refractivity contribution in [3.8, 4) is 17.2 Å². The van der Waals surface area contributed by atoms with Gasteiger partial charge in [0.1, 0.15) is 11.5 Å². The third-order valence-corrected chi connectivity index (χ3v) is 6.25. The normalized spacial score (nSPS) is 11.0. The SMILES string of the molecule is COc1cccc(-n2cc(C(=O)Nc3nc4ccc(OC)cc4s3)c3ccccc3c2=O)c1. The molecule has 0 spiro atoms. The summed E-state index contributed by atoms with van der Waals surface area (Å²) in [5.74, 6) is 0.984. The second-order valence-electron chi connectivity index (χ2n) is 7.27. The molecular formula is C25H19N3O4S. The van der Waals surface area contributed by atoms with Crippen LogP contribution in [0.5, 0.6) is 11.5 Å². The number of hydrogen-bond acceptors (Lipinski definition) is 6. The van der Waals surface area contributed by atoms with Crippen molar-refractivity contribution in [2.24, 2.45) is 0 Å². The number of aromatic nitrogens is 2. The van der Waals surface area contributed by atoms with Gasteiger partial charge >= 0.3 is 0 Å². The summed E-state index contributed by atoms with van der Waals surface area (Å²) >= 11 is 1.36. The molecule has 164 valence electrons. The molecule has 1 N–H and O–H groups in total. The molecule has 0 bridgehead atoms. The molecule has 33 heavy (non-hydrogen) atoms. The van der Waals surface area contributed by atoms with Gasteiger partial charge in [0.25, 0.3) is 11.5 Å². The first-order chi connectivity index (χ1) is 16.1. The van der Waals surface area contributed by atoms with E-state index in [1.54, 1.807) is 68.9 Å². The Morgan fingerprint density at radius 1 is 0.939 bits per heavy atom. The van der Waals surface area contributed by atoms with E-state index in [0.717, 1.165) is 16.0 Å². The Hall–Kier alpha value is -4.17. The second-order valence-corrected chi connectivity index (χ2v) is 8.30. The number of carbonyl (C=O) groups is 1. The van der Waals surface area contributed by atoms with Crippen LogP contribution in [0.25, 0.3) is 26.7 Å². The minimum absolute atomic E-state index is 0.220. The highest BCUT2D eigenvalue weighted by Crippen LogP contribution is 2.30. The monoisotopic (exact) mass is 457 g/mol. The van der Waals surface area contributed by atoms with E-state index in [9.17, 15) is 9.59 Å². The summed E-state index contributed by atoms with van der Waals surface area (Å²) in [6.45, 7) is 0. The summed E-state index contributed by atoms with van der Waals surface area (Å²) in [5, 5.41) is 4.37. The average Bonchev–Trinajstić information content (AvgIpc) is 3.25. The van der Waals surface area contributed by atoms with Gasteiger partial charge in [0.15, 0.2) is 5.13 Å². The molecule has 0 unspecified atom stereocenters. The van der Waals surface area contributed by atoms with Crippen molar-refractivity contribution in [3.63, 3.8) is 0 Å². The number of hydrogen-bond donors (Lipinski definition) is 1. The molecular weight excluding hydrogens is 438 g/mol. The van der Waals surface area contributed by atoms with Crippen LogP contribution in [-0.4, -0.2) is 29.7 Å². The van der Waals surface area contributed by atoms with Crippen molar-refractivity contribution in [2.45, 2.75) is 0 Å². The number of nitrogens with zero attached hydrogens (tertiary/aromatic N) is 2. The van der Waals surface area contributed by atoms with Gasteiger partial charge in [0, 0.05) is 23.0 Å². The molecule has 0 fully saturated rings. The third-order valence-electron chi connectivity index (χ3n) is 5.32. The lowest BCUT2D eigenvalue weighted by Gasteiger charge is -2.13. The summed E-state index contributed by atoms with van der Waals surface area (Å²) in [4.78, 5) is 31.0. The molecule has 8 heteroatoms. The zero-order valence-electron chi connectivity index (χ0n) is 17.9. The fourth-order valence-electron chi connectivity index (χ4n) is 3.67. The molecule has 0 radical (unpaired) electrons. The standard InChI is InChI=1S/C25H19N3O4S/c1-31-16-7-5-6-15(12-16)28-14-20(18-8-3-4-9-19(18)24(28)30)23(29)27-25-26-21-11-10-17(32-2)13-22(21)33-25/h3-14H,1-2H3,(H,26,27,29). The van der Waals surface area contributed by atoms with Crippen LogP contribution >= 0.6 is 11.3 Å². The number of thiazole rings is 1. The Kier molecular flexibility index (Phi) is 5.27. The largest absolute Gasteiger partial charge is 0.497 e. The first-order valence-electron chi connectivity index (χ1n) is 10.1. The summed E-state index contributed by atoms with van der Waals surface area (Å²) in [6, 6.07) is 19.8. The summed E-state index contributed by atoms with van der Waals surface area (Å²) in [7, 11) is 3.17. The van der Waals surface area contributed by atoms with Gasteiger partial charge in [-0.25, -0.2) is 4.98 Å². The van der Waals surface area contributed by atoms with Crippen molar-refractivity contribution in [2.75, 3.05) is 19.5 Å². The van der Waals surface area contributed by atoms with Gasteiger partial charge in [-0.3, -0.25) is 19.5 Å². The van der Waals surface area contributed by atoms with Crippen LogP contribution in [-0.2, 0) is 0 Å². The van der Waals surface area contributed by atoms with E-state index in [1.807, 2.05) is 18.2 Å². The summed E-state index contributed by atoms with van der Waals surface area (Å²) in [6.07, 6.45) is 1.56. The van der Waals surface area contributed by atoms with E-state index < -0.39 is 0 Å². The molecule has 0 saturated carbocycles. The number of ether oxygens (including phenoxy) is 2. The van der Waals surface area contributed by atoms with Crippen LogP contribution in [0.3, 0.4) is 0 Å². The predicted octanol–water partition coefficient (Wildman–Crippen LogP) is 4.87. The number of anilines is 1. The van der Waals surface area contributed by atoms with E-state index in [0.29, 0.717) is 32.9 Å². The Bertz CT molecular complexity index is 1570. The molecule has 3 aromatic carbocycles. The smallest absolute Gasteiger partial charge is 0.262 e. The lowest BCUT2D eigenvalue weighted by molar-refractivity contribution is 0.102. The fraction of sp³-hybridized carbons (Fsp3) is 0.0800. The lowest BCUT2D eigenvalue weighted by Crippen LogP contribution is -2.22. The maximum Gasteiger partial charge on any atom is 0.262 e. The number of benzene rings is 3. The number of fused-ring (bicyclic) bond motifs is 2. The van der Waals surface area contributed by atoms with E-state index in [1.165, 1.54) is 15.9 Å². The van der Waals surface area contributed by atoms with Crippen LogP contribution in [0.2, 0.25) is 0 Å². The summed E-state index contributed by atoms with van der Waals surface area (Å²) in [5.41, 5.74) is 1.51. The quantitative estimate of drug-likeness (QED) is 0.407. The van der Waals surface area contributed by atoms with Crippen LogP contribution in [0, 0.1) is 0 Å². The van der Waals surface area contributed by atoms with E-state index in [-0.39, 0.29) is 11.5 Å². The van der Waals surface area contributed by atoms with Crippen LogP contribution in [0.1, 0.15) is 10.4 Å². The van der Waals surface area contributed by atoms with Crippen molar-refractivity contribution in [3.05, 3.63) is 88.8 Å². The number of pyridine rings is 1. The molecule has 2 aromatic heterocycles. The van der Waals surface area contributed by atoms with Gasteiger partial charge < -0.3 is 9.47 Å². The van der Waals surface area contributed by atoms with Gasteiger partial charge in [0.2, 0.25) is 0 Å². The zero-order valence-corrected chi connectivity index (χ0v) is 18.7. The van der Waals surface area contributed by atoms with Crippen LogP contribution in [0.4, 0.5) is 5.13 Å². The van der Waals surface area contributed by atoms with E-state index >= 15 is 0 Å². The van der Waals surface area contributed by atoms with Gasteiger partial charge in [-0.15, -0.1) is 0 Å². The third kappa shape index (κ3) is 3.81. The Morgan fingerprint density at radius 2 is 1.70 bits per heavy atom. The predicted molar refractivity (Wildman–Crippen MR) is 130 cm³/mol. The number of amides is 1. The highest BCUT2D eigenvalue weighted by molar-refractivity contribution is 7.22. The number of rotatable bonds is 5. The number of methoxy groups -OCH3 is 2. The van der Waals surface area contributed by atoms with Crippen molar-refractivity contribution in [1.82, 2.24) is 9.55 Å². The first-order valence-corrected chi connectivity index (χ1v) is 10.9. The van der Waals surface area contributed by atoms with E-state index in [2.05, 4.69) is 10.3 Å². The van der Waals surface area contributed by atoms with E-state index in [4.69, 9.17) is 9.47 Å². The average molecular weight is 458 g/mol. The Balaban J connectivity index is 1.60. The van der Waals surface area contributed by atoms with Gasteiger partial charge in [-0.05, 0) is 36.4 Å². The molecule has 0 saturated heterocycles. The molecule has 0 atom stereocenters. The van der Waals surface area contributed by atoms with Crippen LogP contribution in [0.15, 0.2) is 77.7 Å². The van der Waals surface area contributed by atoms with Gasteiger partial charge in [0.05, 0.1) is 35.7 Å². The summed E-state index contributed by atoms with van der Waals surface area (Å²) < 4.78 is 12.9. The van der Waals surface area contributed by atoms with Crippen molar-refractivity contribution >= 4 is 43.4 Å².